The van der Waals surface area contributed by atoms with Crippen LogP contribution in [0.25, 0.3) is 0 Å². The Hall–Kier alpha value is -0.404. The normalized spacial score (nSPS) is 3.77. The van der Waals surface area contributed by atoms with Crippen LogP contribution in [0.3, 0.4) is 0 Å². The summed E-state index contributed by atoms with van der Waals surface area (Å²) in [4.78, 5) is 32.6. The quantitative estimate of drug-likeness (QED) is 0.171. The van der Waals surface area contributed by atoms with Gasteiger partial charge in [-0.3, -0.25) is 0 Å². The van der Waals surface area contributed by atoms with E-state index in [1.165, 1.54) is 0 Å². The summed E-state index contributed by atoms with van der Waals surface area (Å²) < 4.78 is 8.66. The molecule has 0 radical (unpaired) electrons. The first-order valence-electron chi connectivity index (χ1n) is 1.31. The van der Waals surface area contributed by atoms with Gasteiger partial charge in [-0.15, -0.1) is 10.1 Å². The summed E-state index contributed by atoms with van der Waals surface area (Å²) >= 11 is 0. The van der Waals surface area contributed by atoms with E-state index < -0.39 is 12.9 Å². The van der Waals surface area contributed by atoms with Gasteiger partial charge in [0.15, 0.2) is 0 Å². The number of rotatable bonds is 0. The van der Waals surface area contributed by atoms with Gasteiger partial charge in [-0.2, -0.15) is 0 Å². The van der Waals surface area contributed by atoms with Crippen molar-refractivity contribution in [2.45, 2.75) is 0 Å². The Morgan fingerprint density at radius 2 is 0.682 bits per heavy atom. The fourth-order valence-electron chi connectivity index (χ4n) is 0. The van der Waals surface area contributed by atoms with Crippen molar-refractivity contribution in [2.24, 2.45) is 0 Å². The molecule has 26 N–H and O–H groups in total. The van der Waals surface area contributed by atoms with Crippen LogP contribution in [0.5, 0.6) is 0 Å². The zero-order valence-corrected chi connectivity index (χ0v) is 12.8. The molecule has 0 saturated carbocycles. The third-order valence-corrected chi connectivity index (χ3v) is 0. The molecule has 0 fully saturated rings. The van der Waals surface area contributed by atoms with Crippen LogP contribution in [0.15, 0.2) is 0 Å². The van der Waals surface area contributed by atoms with Crippen LogP contribution in [0.2, 0.25) is 0 Å². The average molecular weight is 399 g/mol. The maximum Gasteiger partial charge on any atom is 2.00 e. The van der Waals surface area contributed by atoms with Crippen molar-refractivity contribution in [1.29, 1.82) is 0 Å². The van der Waals surface area contributed by atoms with E-state index in [0.717, 1.165) is 0 Å². The number of hydrogen-bond donors (Lipinski definition) is 2. The van der Waals surface area contributed by atoms with E-state index in [0.29, 0.717) is 0 Å². The van der Waals surface area contributed by atoms with Gasteiger partial charge in [0.05, 0.1) is 7.82 Å². The molecule has 0 aliphatic carbocycles. The van der Waals surface area contributed by atoms with E-state index in [1.54, 1.807) is 0 Å². The number of nitrogens with zero attached hydrogens (tertiary/aromatic N) is 1. The molecule has 0 aliphatic rings. The Labute approximate surface area is 137 Å². The van der Waals surface area contributed by atoms with Gasteiger partial charge in [-0.25, -0.2) is 0 Å². The zero-order valence-electron chi connectivity index (χ0n) is 10.5. The summed E-state index contributed by atoms with van der Waals surface area (Å²) in [6.45, 7) is 0. The van der Waals surface area contributed by atoms with Crippen LogP contribution in [-0.2, 0) is 4.57 Å². The molecule has 0 aliphatic heterocycles. The van der Waals surface area contributed by atoms with E-state index in [9.17, 15) is 0 Å². The minimum absolute atomic E-state index is 0. The molecular formula is H26MgNO19P. The Balaban J connectivity index is -0.00000000216. The SMILES string of the molecule is O.O.O.O.O.O.O.O.O.O.O.O.O=P([O-])([O-])O.O=[N+]([O-])O.[Mg+2]. The third kappa shape index (κ3) is 41600. The first-order chi connectivity index (χ1) is 3.73. The van der Waals surface area contributed by atoms with Crippen molar-refractivity contribution in [3.05, 3.63) is 10.1 Å². The minimum atomic E-state index is -5.14. The van der Waals surface area contributed by atoms with Gasteiger partial charge in [0, 0.05) is 0 Å². The predicted molar refractivity (Wildman–Crippen MR) is 67.7 cm³/mol. The molecule has 20 nitrogen and oxygen atoms in total. The second kappa shape index (κ2) is 107. The summed E-state index contributed by atoms with van der Waals surface area (Å²) in [5.41, 5.74) is 0. The fourth-order valence-corrected chi connectivity index (χ4v) is 0. The van der Waals surface area contributed by atoms with Gasteiger partial charge in [-0.1, -0.05) is 0 Å². The summed E-state index contributed by atoms with van der Waals surface area (Å²) in [6, 6.07) is 0. The van der Waals surface area contributed by atoms with Crippen LogP contribution < -0.4 is 9.79 Å². The second-order valence-electron chi connectivity index (χ2n) is 0.706. The van der Waals surface area contributed by atoms with E-state index in [1.807, 2.05) is 0 Å². The summed E-state index contributed by atoms with van der Waals surface area (Å²) in [5.74, 6) is 0. The van der Waals surface area contributed by atoms with E-state index in [2.05, 4.69) is 0 Å². The van der Waals surface area contributed by atoms with Crippen molar-refractivity contribution in [3.63, 3.8) is 0 Å². The number of hydrogen-bond acceptors (Lipinski definition) is 5. The van der Waals surface area contributed by atoms with Crippen LogP contribution in [0, 0.1) is 10.1 Å². The number of phosphoric acid groups is 1. The van der Waals surface area contributed by atoms with Gasteiger partial charge in [0.25, 0.3) is 5.09 Å². The monoisotopic (exact) mass is 399 g/mol. The Morgan fingerprint density at radius 1 is 0.682 bits per heavy atom. The topological polar surface area (TPSA) is 525 Å². The molecule has 0 heterocycles. The Morgan fingerprint density at radius 3 is 0.682 bits per heavy atom. The standard InChI is InChI=1S/Mg.HNO3.H3O4P.12H2O/c;2-1(3)4;1-5(2,3)4;;;;;;;;;;;;/h;(H,2,3,4);(H3,1,2,3,4);12*1H2/q+2;;;;;;;;;;;;;;/p-2. The van der Waals surface area contributed by atoms with Crippen molar-refractivity contribution in [2.75, 3.05) is 0 Å². The molecule has 0 aromatic rings. The Bertz CT molecular complexity index is 117. The maximum atomic E-state index is 8.66. The maximum absolute atomic E-state index is 8.66. The molecule has 22 heteroatoms. The predicted octanol–water partition coefficient (Wildman–Crippen LogP) is -12.8. The van der Waals surface area contributed by atoms with Gasteiger partial charge >= 0.3 is 23.1 Å². The molecule has 0 aromatic carbocycles. The molecule has 0 amide bonds. The average Bonchev–Trinajstić information content (AvgIpc) is 1.19. The molecule has 0 rings (SSSR count). The first kappa shape index (κ1) is 211. The molecule has 0 spiro atoms. The Kier molecular flexibility index (Phi) is 1020. The second-order valence-corrected chi connectivity index (χ2v) is 1.64. The smallest absolute Gasteiger partial charge is 0.790 e. The zero-order chi connectivity index (χ0) is 8.08. The van der Waals surface area contributed by atoms with E-state index in [4.69, 9.17) is 34.6 Å². The van der Waals surface area contributed by atoms with Crippen LogP contribution in [0.1, 0.15) is 0 Å². The fraction of sp³-hybridized carbons (Fsp3) is 0. The summed E-state index contributed by atoms with van der Waals surface area (Å²) in [7, 11) is -5.14. The molecule has 0 unspecified atom stereocenters. The largest absolute Gasteiger partial charge is 2.00 e. The third-order valence-electron chi connectivity index (χ3n) is 0. The van der Waals surface area contributed by atoms with Gasteiger partial charge in [-0.05, 0) is 0 Å². The van der Waals surface area contributed by atoms with Gasteiger partial charge in [0.1, 0.15) is 0 Å². The summed E-state index contributed by atoms with van der Waals surface area (Å²) in [6.07, 6.45) is 0. The molecule has 152 valence electrons. The summed E-state index contributed by atoms with van der Waals surface area (Å²) in [5, 5.41) is 13.6. The van der Waals surface area contributed by atoms with Crippen molar-refractivity contribution >= 4 is 30.9 Å². The van der Waals surface area contributed by atoms with Crippen LogP contribution >= 0.6 is 7.82 Å². The van der Waals surface area contributed by atoms with E-state index >= 15 is 0 Å². The van der Waals surface area contributed by atoms with Crippen LogP contribution in [0.4, 0.5) is 0 Å². The van der Waals surface area contributed by atoms with Crippen molar-refractivity contribution in [3.8, 4) is 0 Å². The molecular weight excluding hydrogens is 373 g/mol. The van der Waals surface area contributed by atoms with Crippen molar-refractivity contribution in [1.82, 2.24) is 0 Å². The van der Waals surface area contributed by atoms with Gasteiger partial charge < -0.3 is 90.2 Å². The molecule has 22 heavy (non-hydrogen) atoms. The minimum Gasteiger partial charge on any atom is -0.790 e. The molecule has 0 atom stereocenters. The molecule has 0 saturated heterocycles. The van der Waals surface area contributed by atoms with Crippen molar-refractivity contribution < 1.29 is 95.3 Å². The first-order valence-corrected chi connectivity index (χ1v) is 2.81. The van der Waals surface area contributed by atoms with Crippen LogP contribution in [-0.4, -0.2) is 104 Å². The van der Waals surface area contributed by atoms with Gasteiger partial charge in [0.2, 0.25) is 0 Å². The molecule has 0 aromatic heterocycles. The van der Waals surface area contributed by atoms with E-state index in [-0.39, 0.29) is 88.8 Å². The molecule has 0 bridgehead atoms.